The number of hydrogen-bond donors (Lipinski definition) is 0. The first-order valence-electron chi connectivity index (χ1n) is 13.2. The Morgan fingerprint density at radius 3 is 1.33 bits per heavy atom. The molecule has 1 rings (SSSR count). The minimum Gasteiger partial charge on any atom is -0.0851 e. The van der Waals surface area contributed by atoms with E-state index in [1.807, 2.05) is 0 Å². The van der Waals surface area contributed by atoms with Crippen molar-refractivity contribution in [2.24, 2.45) is 47.3 Å². The van der Waals surface area contributed by atoms with Gasteiger partial charge < -0.3 is 0 Å². The van der Waals surface area contributed by atoms with Crippen LogP contribution in [-0.2, 0) is 0 Å². The summed E-state index contributed by atoms with van der Waals surface area (Å²) in [5.74, 6) is 6.11. The molecule has 0 fully saturated rings. The maximum absolute atomic E-state index is 2.49. The second-order valence-electron chi connectivity index (χ2n) is 11.5. The minimum absolute atomic E-state index is 0.651. The Bertz CT molecular complexity index is 506. The van der Waals surface area contributed by atoms with Crippen LogP contribution in [0.4, 0.5) is 0 Å². The van der Waals surface area contributed by atoms with Crippen molar-refractivity contribution in [2.75, 3.05) is 0 Å². The third-order valence-corrected chi connectivity index (χ3v) is 7.26. The Hall–Kier alpha value is -0.780. The van der Waals surface area contributed by atoms with Crippen LogP contribution >= 0.6 is 0 Å². The third kappa shape index (κ3) is 12.8. The molecule has 1 aliphatic rings. The molecule has 0 saturated carbocycles. The molecule has 0 amide bonds. The average Bonchev–Trinajstić information content (AvgIpc) is 2.71. The van der Waals surface area contributed by atoms with Gasteiger partial charge in [-0.3, -0.25) is 0 Å². The molecule has 0 bridgehead atoms. The first-order valence-corrected chi connectivity index (χ1v) is 13.2. The number of allylic oxidation sites excluding steroid dienone is 6. The van der Waals surface area contributed by atoms with Crippen molar-refractivity contribution in [1.29, 1.82) is 0 Å². The lowest BCUT2D eigenvalue weighted by atomic mass is 9.84. The van der Waals surface area contributed by atoms with Gasteiger partial charge >= 0.3 is 0 Å². The van der Waals surface area contributed by atoms with E-state index in [1.54, 1.807) is 0 Å². The summed E-state index contributed by atoms with van der Waals surface area (Å²) in [5.41, 5.74) is 0. The van der Waals surface area contributed by atoms with Gasteiger partial charge in [0.2, 0.25) is 0 Å². The van der Waals surface area contributed by atoms with Gasteiger partial charge in [-0.1, -0.05) is 111 Å². The molecule has 0 aromatic carbocycles. The van der Waals surface area contributed by atoms with Crippen molar-refractivity contribution in [3.63, 3.8) is 0 Å². The van der Waals surface area contributed by atoms with E-state index in [9.17, 15) is 0 Å². The Morgan fingerprint density at radius 2 is 0.933 bits per heavy atom. The highest BCUT2D eigenvalue weighted by atomic mass is 14.2. The molecule has 0 saturated heterocycles. The first-order chi connectivity index (χ1) is 14.2. The topological polar surface area (TPSA) is 0 Å². The van der Waals surface area contributed by atoms with Gasteiger partial charge in [-0.25, -0.2) is 0 Å². The average molecular weight is 415 g/mol. The highest BCUT2D eigenvalue weighted by Gasteiger charge is 2.15. The summed E-state index contributed by atoms with van der Waals surface area (Å²) in [4.78, 5) is 0. The van der Waals surface area contributed by atoms with Gasteiger partial charge in [-0.05, 0) is 79.4 Å². The van der Waals surface area contributed by atoms with Crippen LogP contribution in [0.25, 0.3) is 0 Å². The van der Waals surface area contributed by atoms with Crippen molar-refractivity contribution in [3.8, 4) is 0 Å². The molecule has 1 aliphatic carbocycles. The summed E-state index contributed by atoms with van der Waals surface area (Å²) in [6.45, 7) is 19.0. The maximum atomic E-state index is 2.49. The number of hydrogen-bond acceptors (Lipinski definition) is 0. The van der Waals surface area contributed by atoms with E-state index in [4.69, 9.17) is 0 Å². The molecule has 0 aliphatic heterocycles. The van der Waals surface area contributed by atoms with Crippen LogP contribution in [0.2, 0.25) is 0 Å². The largest absolute Gasteiger partial charge is 0.0851 e. The second kappa shape index (κ2) is 15.1. The van der Waals surface area contributed by atoms with Crippen molar-refractivity contribution in [1.82, 2.24) is 0 Å². The lowest BCUT2D eigenvalue weighted by molar-refractivity contribution is 0.307. The molecule has 0 heteroatoms. The van der Waals surface area contributed by atoms with Gasteiger partial charge in [0, 0.05) is 0 Å². The molecular weight excluding hydrogens is 360 g/mol. The Kier molecular flexibility index (Phi) is 13.7. The van der Waals surface area contributed by atoms with Crippen LogP contribution in [-0.4, -0.2) is 0 Å². The third-order valence-electron chi connectivity index (χ3n) is 7.26. The molecular formula is C30H54. The summed E-state index contributed by atoms with van der Waals surface area (Å²) in [6.07, 6.45) is 25.5. The lowest BCUT2D eigenvalue weighted by Gasteiger charge is -2.22. The predicted octanol–water partition coefficient (Wildman–Crippen LogP) is 9.88. The molecule has 0 heterocycles. The van der Waals surface area contributed by atoms with E-state index in [2.05, 4.69) is 91.8 Å². The Morgan fingerprint density at radius 1 is 0.567 bits per heavy atom. The summed E-state index contributed by atoms with van der Waals surface area (Å²) < 4.78 is 0. The zero-order chi connectivity index (χ0) is 22.5. The first kappa shape index (κ1) is 27.3. The zero-order valence-electron chi connectivity index (χ0n) is 21.7. The normalized spacial score (nSPS) is 24.2. The van der Waals surface area contributed by atoms with E-state index >= 15 is 0 Å². The second-order valence-corrected chi connectivity index (χ2v) is 11.5. The molecule has 30 heavy (non-hydrogen) atoms. The quantitative estimate of drug-likeness (QED) is 0.248. The SMILES string of the molecule is CC(C)CCC(C)/C=C/C1C=CC(/C=C/C(C)CCC(C)C(C)CCC(C)C)CC1. The van der Waals surface area contributed by atoms with Gasteiger partial charge in [-0.2, -0.15) is 0 Å². The van der Waals surface area contributed by atoms with Crippen LogP contribution < -0.4 is 0 Å². The van der Waals surface area contributed by atoms with Gasteiger partial charge in [0.25, 0.3) is 0 Å². The molecule has 174 valence electrons. The summed E-state index contributed by atoms with van der Waals surface area (Å²) >= 11 is 0. The van der Waals surface area contributed by atoms with Crippen molar-refractivity contribution >= 4 is 0 Å². The molecule has 0 spiro atoms. The van der Waals surface area contributed by atoms with Crippen LogP contribution in [0.15, 0.2) is 36.5 Å². The Balaban J connectivity index is 2.31. The predicted molar refractivity (Wildman–Crippen MR) is 138 cm³/mol. The molecule has 0 nitrogen and oxygen atoms in total. The van der Waals surface area contributed by atoms with Crippen LogP contribution in [0.5, 0.6) is 0 Å². The maximum Gasteiger partial charge on any atom is -0.00529 e. The lowest BCUT2D eigenvalue weighted by Crippen LogP contribution is -2.10. The summed E-state index contributed by atoms with van der Waals surface area (Å²) in [5, 5.41) is 0. The molecule has 0 radical (unpaired) electrons. The van der Waals surface area contributed by atoms with Crippen molar-refractivity contribution < 1.29 is 0 Å². The summed E-state index contributed by atoms with van der Waals surface area (Å²) in [7, 11) is 0. The van der Waals surface area contributed by atoms with Crippen LogP contribution in [0.1, 0.15) is 107 Å². The fourth-order valence-corrected chi connectivity index (χ4v) is 4.33. The Labute approximate surface area is 190 Å². The van der Waals surface area contributed by atoms with Gasteiger partial charge in [0.1, 0.15) is 0 Å². The number of rotatable bonds is 14. The van der Waals surface area contributed by atoms with Gasteiger partial charge in [0.05, 0.1) is 0 Å². The smallest absolute Gasteiger partial charge is 0.00529 e. The van der Waals surface area contributed by atoms with Crippen LogP contribution in [0, 0.1) is 47.3 Å². The van der Waals surface area contributed by atoms with E-state index in [-0.39, 0.29) is 0 Å². The van der Waals surface area contributed by atoms with E-state index in [0.717, 1.165) is 29.6 Å². The van der Waals surface area contributed by atoms with E-state index in [1.165, 1.54) is 51.4 Å². The summed E-state index contributed by atoms with van der Waals surface area (Å²) in [6, 6.07) is 0. The highest BCUT2D eigenvalue weighted by Crippen LogP contribution is 2.28. The van der Waals surface area contributed by atoms with Gasteiger partial charge in [0.15, 0.2) is 0 Å². The van der Waals surface area contributed by atoms with Crippen LogP contribution in [0.3, 0.4) is 0 Å². The zero-order valence-corrected chi connectivity index (χ0v) is 21.7. The van der Waals surface area contributed by atoms with E-state index in [0.29, 0.717) is 17.8 Å². The fraction of sp³-hybridized carbons (Fsp3) is 0.800. The van der Waals surface area contributed by atoms with Crippen molar-refractivity contribution in [3.05, 3.63) is 36.5 Å². The molecule has 6 unspecified atom stereocenters. The van der Waals surface area contributed by atoms with E-state index < -0.39 is 0 Å². The highest BCUT2D eigenvalue weighted by molar-refractivity contribution is 5.11. The fourth-order valence-electron chi connectivity index (χ4n) is 4.33. The molecule has 0 aromatic rings. The standard InChI is InChI=1S/C30H54/c1-23(2)9-11-25(5)13-17-29-19-21-30(22-20-29)18-14-26(6)12-16-28(8)27(7)15-10-24(3)4/h13-14,17-19,21,23-30H,9-12,15-16,20,22H2,1-8H3/b17-13+,18-14+. The molecule has 0 N–H and O–H groups in total. The van der Waals surface area contributed by atoms with Crippen molar-refractivity contribution in [2.45, 2.75) is 107 Å². The monoisotopic (exact) mass is 414 g/mol. The minimum atomic E-state index is 0.651. The molecule has 6 atom stereocenters. The van der Waals surface area contributed by atoms with Gasteiger partial charge in [-0.15, -0.1) is 0 Å². The molecule has 0 aromatic heterocycles.